The highest BCUT2D eigenvalue weighted by Gasteiger charge is 2.22. The van der Waals surface area contributed by atoms with E-state index in [1.54, 1.807) is 17.1 Å². The zero-order valence-electron chi connectivity index (χ0n) is 9.84. The molecule has 1 heterocycles. The summed E-state index contributed by atoms with van der Waals surface area (Å²) in [5, 5.41) is 2.49. The predicted molar refractivity (Wildman–Crippen MR) is 59.9 cm³/mol. The van der Waals surface area contributed by atoms with Crippen molar-refractivity contribution in [2.75, 3.05) is 13.7 Å². The molecule has 7 nitrogen and oxygen atoms in total. The highest BCUT2D eigenvalue weighted by Crippen LogP contribution is 2.01. The average molecular weight is 240 g/mol. The molecule has 94 valence electrons. The smallest absolute Gasteiger partial charge is 0.328 e. The van der Waals surface area contributed by atoms with E-state index in [4.69, 9.17) is 5.73 Å². The molecule has 0 bridgehead atoms. The Morgan fingerprint density at radius 2 is 2.35 bits per heavy atom. The van der Waals surface area contributed by atoms with Crippen LogP contribution < -0.4 is 11.1 Å². The molecule has 17 heavy (non-hydrogen) atoms. The summed E-state index contributed by atoms with van der Waals surface area (Å²) in [5.41, 5.74) is 5.87. The standard InChI is InChI=1S/C10H16N4O3/c1-14-5-7(12-6-14)3-8(10(16)17-2)13-9(15)4-11/h5-6,8H,3-4,11H2,1-2H3,(H,13,15)/t8-/m0/s1. The van der Waals surface area contributed by atoms with Crippen LogP contribution in [0.4, 0.5) is 0 Å². The van der Waals surface area contributed by atoms with Gasteiger partial charge in [-0.15, -0.1) is 0 Å². The van der Waals surface area contributed by atoms with Crippen molar-refractivity contribution >= 4 is 11.9 Å². The fourth-order valence-electron chi connectivity index (χ4n) is 1.37. The molecule has 0 saturated carbocycles. The second-order valence-electron chi connectivity index (χ2n) is 3.58. The fourth-order valence-corrected chi connectivity index (χ4v) is 1.37. The van der Waals surface area contributed by atoms with Gasteiger partial charge in [0.15, 0.2) is 0 Å². The van der Waals surface area contributed by atoms with E-state index < -0.39 is 17.9 Å². The Balaban J connectivity index is 2.69. The van der Waals surface area contributed by atoms with E-state index in [-0.39, 0.29) is 13.0 Å². The molecule has 0 fully saturated rings. The Bertz CT molecular complexity index is 402. The molecule has 3 N–H and O–H groups in total. The van der Waals surface area contributed by atoms with Crippen molar-refractivity contribution in [2.45, 2.75) is 12.5 Å². The Morgan fingerprint density at radius 1 is 1.65 bits per heavy atom. The second-order valence-corrected chi connectivity index (χ2v) is 3.58. The highest BCUT2D eigenvalue weighted by molar-refractivity contribution is 5.85. The first-order valence-electron chi connectivity index (χ1n) is 5.11. The van der Waals surface area contributed by atoms with E-state index in [0.29, 0.717) is 5.69 Å². The van der Waals surface area contributed by atoms with Crippen molar-refractivity contribution in [1.29, 1.82) is 0 Å². The first kappa shape index (κ1) is 13.2. The molecule has 1 aromatic heterocycles. The number of amides is 1. The van der Waals surface area contributed by atoms with Gasteiger partial charge in [-0.1, -0.05) is 0 Å². The highest BCUT2D eigenvalue weighted by atomic mass is 16.5. The SMILES string of the molecule is COC(=O)[C@H](Cc1cn(C)cn1)NC(=O)CN. The van der Waals surface area contributed by atoms with Gasteiger partial charge < -0.3 is 20.4 Å². The number of aryl methyl sites for hydroxylation is 1. The van der Waals surface area contributed by atoms with E-state index >= 15 is 0 Å². The number of rotatable bonds is 5. The third kappa shape index (κ3) is 3.87. The first-order chi connectivity index (χ1) is 8.06. The minimum Gasteiger partial charge on any atom is -0.467 e. The molecule has 0 aliphatic rings. The summed E-state index contributed by atoms with van der Waals surface area (Å²) in [6, 6.07) is -0.758. The Kier molecular flexibility index (Phi) is 4.65. The largest absolute Gasteiger partial charge is 0.467 e. The predicted octanol–water partition coefficient (Wildman–Crippen LogP) is -1.42. The number of nitrogens with zero attached hydrogens (tertiary/aromatic N) is 2. The van der Waals surface area contributed by atoms with Crippen LogP contribution in [0.2, 0.25) is 0 Å². The lowest BCUT2D eigenvalue weighted by atomic mass is 10.1. The number of hydrogen-bond acceptors (Lipinski definition) is 5. The number of nitrogens with one attached hydrogen (secondary N) is 1. The number of methoxy groups -OCH3 is 1. The number of carbonyl (C=O) groups is 2. The molecular weight excluding hydrogens is 224 g/mol. The molecular formula is C10H16N4O3. The molecule has 1 atom stereocenters. The lowest BCUT2D eigenvalue weighted by Gasteiger charge is -2.14. The maximum absolute atomic E-state index is 11.5. The number of nitrogens with two attached hydrogens (primary N) is 1. The van der Waals surface area contributed by atoms with Crippen molar-refractivity contribution in [2.24, 2.45) is 12.8 Å². The first-order valence-corrected chi connectivity index (χ1v) is 5.11. The van der Waals surface area contributed by atoms with Crippen molar-refractivity contribution in [1.82, 2.24) is 14.9 Å². The molecule has 0 saturated heterocycles. The van der Waals surface area contributed by atoms with Crippen LogP contribution in [-0.2, 0) is 27.8 Å². The van der Waals surface area contributed by atoms with Crippen LogP contribution in [-0.4, -0.2) is 41.1 Å². The van der Waals surface area contributed by atoms with E-state index in [1.807, 2.05) is 7.05 Å². The zero-order chi connectivity index (χ0) is 12.8. The molecule has 0 spiro atoms. The monoisotopic (exact) mass is 240 g/mol. The molecule has 1 aromatic rings. The lowest BCUT2D eigenvalue weighted by Crippen LogP contribution is -2.45. The van der Waals surface area contributed by atoms with Gasteiger partial charge in [-0.3, -0.25) is 4.79 Å². The van der Waals surface area contributed by atoms with Gasteiger partial charge in [0, 0.05) is 19.7 Å². The number of carbonyl (C=O) groups excluding carboxylic acids is 2. The van der Waals surface area contributed by atoms with Gasteiger partial charge in [0.25, 0.3) is 0 Å². The van der Waals surface area contributed by atoms with Crippen molar-refractivity contribution in [3.8, 4) is 0 Å². The van der Waals surface area contributed by atoms with Crippen LogP contribution in [0.25, 0.3) is 0 Å². The molecule has 0 aliphatic carbocycles. The lowest BCUT2D eigenvalue weighted by molar-refractivity contribution is -0.144. The molecule has 0 radical (unpaired) electrons. The normalized spacial score (nSPS) is 11.9. The maximum Gasteiger partial charge on any atom is 0.328 e. The summed E-state index contributed by atoms with van der Waals surface area (Å²) >= 11 is 0. The molecule has 0 aliphatic heterocycles. The quantitative estimate of drug-likeness (QED) is 0.615. The third-order valence-corrected chi connectivity index (χ3v) is 2.18. The molecule has 1 rings (SSSR count). The Morgan fingerprint density at radius 3 is 2.82 bits per heavy atom. The van der Waals surface area contributed by atoms with Crippen molar-refractivity contribution < 1.29 is 14.3 Å². The molecule has 0 unspecified atom stereocenters. The Labute approximate surface area is 99.0 Å². The van der Waals surface area contributed by atoms with Gasteiger partial charge in [-0.25, -0.2) is 9.78 Å². The number of aromatic nitrogens is 2. The summed E-state index contributed by atoms with van der Waals surface area (Å²) in [4.78, 5) is 26.7. The second kappa shape index (κ2) is 6.00. The van der Waals surface area contributed by atoms with Crippen LogP contribution in [0.1, 0.15) is 5.69 Å². The average Bonchev–Trinajstić information content (AvgIpc) is 2.72. The van der Waals surface area contributed by atoms with Gasteiger partial charge in [0.2, 0.25) is 5.91 Å². The Hall–Kier alpha value is -1.89. The van der Waals surface area contributed by atoms with Crippen LogP contribution in [0, 0.1) is 0 Å². The molecule has 0 aromatic carbocycles. The van der Waals surface area contributed by atoms with E-state index in [9.17, 15) is 9.59 Å². The van der Waals surface area contributed by atoms with Crippen LogP contribution >= 0.6 is 0 Å². The van der Waals surface area contributed by atoms with Gasteiger partial charge in [-0.05, 0) is 0 Å². The minimum absolute atomic E-state index is 0.171. The summed E-state index contributed by atoms with van der Waals surface area (Å²) < 4.78 is 6.37. The third-order valence-electron chi connectivity index (χ3n) is 2.18. The number of hydrogen-bond donors (Lipinski definition) is 2. The van der Waals surface area contributed by atoms with Crippen LogP contribution in [0.5, 0.6) is 0 Å². The topological polar surface area (TPSA) is 99.2 Å². The maximum atomic E-state index is 11.5. The minimum atomic E-state index is -0.758. The summed E-state index contributed by atoms with van der Waals surface area (Å²) in [5.74, 6) is -0.922. The molecule has 1 amide bonds. The van der Waals surface area contributed by atoms with Gasteiger partial charge in [0.05, 0.1) is 25.7 Å². The number of ether oxygens (including phenoxy) is 1. The van der Waals surface area contributed by atoms with Crippen molar-refractivity contribution in [3.63, 3.8) is 0 Å². The molecule has 7 heteroatoms. The number of esters is 1. The van der Waals surface area contributed by atoms with Gasteiger partial charge >= 0.3 is 5.97 Å². The summed E-state index contributed by atoms with van der Waals surface area (Å²) in [6.07, 6.45) is 3.66. The van der Waals surface area contributed by atoms with E-state index in [2.05, 4.69) is 15.0 Å². The summed E-state index contributed by atoms with van der Waals surface area (Å²) in [6.45, 7) is -0.171. The number of imidazole rings is 1. The van der Waals surface area contributed by atoms with Crippen LogP contribution in [0.3, 0.4) is 0 Å². The van der Waals surface area contributed by atoms with Gasteiger partial charge in [-0.2, -0.15) is 0 Å². The van der Waals surface area contributed by atoms with E-state index in [0.717, 1.165) is 0 Å². The van der Waals surface area contributed by atoms with Crippen LogP contribution in [0.15, 0.2) is 12.5 Å². The van der Waals surface area contributed by atoms with Gasteiger partial charge in [0.1, 0.15) is 6.04 Å². The fraction of sp³-hybridized carbons (Fsp3) is 0.500. The summed E-state index contributed by atoms with van der Waals surface area (Å²) in [7, 11) is 3.09. The van der Waals surface area contributed by atoms with Crippen molar-refractivity contribution in [3.05, 3.63) is 18.2 Å². The zero-order valence-corrected chi connectivity index (χ0v) is 9.84. The van der Waals surface area contributed by atoms with E-state index in [1.165, 1.54) is 7.11 Å².